The molecule has 0 bridgehead atoms. The maximum Gasteiger partial charge on any atom is 0.0672 e. The molecule has 2 nitrogen and oxygen atoms in total. The number of nitriles is 1. The maximum absolute atomic E-state index is 9.24. The van der Waals surface area contributed by atoms with E-state index >= 15 is 0 Å². The Balaban J connectivity index is 2.00. The van der Waals surface area contributed by atoms with E-state index in [4.69, 9.17) is 0 Å². The standard InChI is InChI=1S/C13H22N2/c1-11-7-8-15(10-11)13-6-4-2-3-5-12(13)9-14/h11-13H,2-8,10H2,1H3. The van der Waals surface area contributed by atoms with E-state index in [2.05, 4.69) is 17.9 Å². The number of hydrogen-bond donors (Lipinski definition) is 0. The van der Waals surface area contributed by atoms with Crippen molar-refractivity contribution < 1.29 is 0 Å². The molecule has 1 aliphatic heterocycles. The van der Waals surface area contributed by atoms with Gasteiger partial charge < -0.3 is 0 Å². The Morgan fingerprint density at radius 2 is 1.93 bits per heavy atom. The summed E-state index contributed by atoms with van der Waals surface area (Å²) >= 11 is 0. The van der Waals surface area contributed by atoms with Gasteiger partial charge in [-0.25, -0.2) is 0 Å². The van der Waals surface area contributed by atoms with Crippen molar-refractivity contribution in [2.75, 3.05) is 13.1 Å². The van der Waals surface area contributed by atoms with Crippen LogP contribution in [0.2, 0.25) is 0 Å². The van der Waals surface area contributed by atoms with Gasteiger partial charge in [-0.15, -0.1) is 0 Å². The van der Waals surface area contributed by atoms with Gasteiger partial charge in [-0.3, -0.25) is 4.90 Å². The largest absolute Gasteiger partial charge is 0.299 e. The number of hydrogen-bond acceptors (Lipinski definition) is 2. The summed E-state index contributed by atoms with van der Waals surface area (Å²) < 4.78 is 0. The lowest BCUT2D eigenvalue weighted by Crippen LogP contribution is -2.38. The Morgan fingerprint density at radius 3 is 2.60 bits per heavy atom. The van der Waals surface area contributed by atoms with Crippen LogP contribution in [0, 0.1) is 23.2 Å². The molecule has 15 heavy (non-hydrogen) atoms. The van der Waals surface area contributed by atoms with Gasteiger partial charge >= 0.3 is 0 Å². The van der Waals surface area contributed by atoms with E-state index in [9.17, 15) is 5.26 Å². The van der Waals surface area contributed by atoms with Crippen molar-refractivity contribution in [1.82, 2.24) is 4.90 Å². The third-order valence-electron chi connectivity index (χ3n) is 4.07. The highest BCUT2D eigenvalue weighted by Crippen LogP contribution is 2.30. The van der Waals surface area contributed by atoms with Crippen molar-refractivity contribution in [2.45, 2.75) is 51.5 Å². The predicted octanol–water partition coefficient (Wildman–Crippen LogP) is 2.80. The van der Waals surface area contributed by atoms with Crippen LogP contribution in [-0.2, 0) is 0 Å². The fourth-order valence-electron chi connectivity index (χ4n) is 3.15. The highest BCUT2D eigenvalue weighted by atomic mass is 15.2. The van der Waals surface area contributed by atoms with Crippen molar-refractivity contribution in [2.24, 2.45) is 11.8 Å². The molecule has 0 aromatic rings. The minimum atomic E-state index is 0.304. The van der Waals surface area contributed by atoms with Crippen LogP contribution >= 0.6 is 0 Å². The Bertz CT molecular complexity index is 243. The van der Waals surface area contributed by atoms with Crippen LogP contribution in [-0.4, -0.2) is 24.0 Å². The van der Waals surface area contributed by atoms with Crippen LogP contribution in [0.25, 0.3) is 0 Å². The first-order valence-corrected chi connectivity index (χ1v) is 6.45. The average molecular weight is 206 g/mol. The van der Waals surface area contributed by atoms with Gasteiger partial charge in [0.2, 0.25) is 0 Å². The first-order valence-electron chi connectivity index (χ1n) is 6.45. The normalized spacial score (nSPS) is 38.5. The smallest absolute Gasteiger partial charge is 0.0672 e. The summed E-state index contributed by atoms with van der Waals surface area (Å²) in [7, 11) is 0. The van der Waals surface area contributed by atoms with E-state index in [1.165, 1.54) is 45.2 Å². The Kier molecular flexibility index (Phi) is 3.64. The molecule has 1 saturated heterocycles. The predicted molar refractivity (Wildman–Crippen MR) is 61.3 cm³/mol. The van der Waals surface area contributed by atoms with E-state index in [0.717, 1.165) is 12.3 Å². The fraction of sp³-hybridized carbons (Fsp3) is 0.923. The highest BCUT2D eigenvalue weighted by Gasteiger charge is 2.32. The van der Waals surface area contributed by atoms with Crippen LogP contribution in [0.5, 0.6) is 0 Å². The molecule has 0 aromatic heterocycles. The molecule has 2 aliphatic rings. The van der Waals surface area contributed by atoms with Crippen LogP contribution in [0.1, 0.15) is 45.4 Å². The van der Waals surface area contributed by atoms with Crippen molar-refractivity contribution in [1.29, 1.82) is 5.26 Å². The lowest BCUT2D eigenvalue weighted by molar-refractivity contribution is 0.185. The topological polar surface area (TPSA) is 27.0 Å². The second kappa shape index (κ2) is 4.99. The van der Waals surface area contributed by atoms with Crippen molar-refractivity contribution in [3.8, 4) is 6.07 Å². The molecule has 0 radical (unpaired) electrons. The Hall–Kier alpha value is -0.550. The summed E-state index contributed by atoms with van der Waals surface area (Å²) in [5, 5.41) is 9.24. The SMILES string of the molecule is CC1CCN(C2CCCCCC2C#N)C1. The molecule has 3 atom stereocenters. The molecule has 0 N–H and O–H groups in total. The molecule has 0 spiro atoms. The zero-order valence-electron chi connectivity index (χ0n) is 9.78. The Morgan fingerprint density at radius 1 is 1.13 bits per heavy atom. The summed E-state index contributed by atoms with van der Waals surface area (Å²) in [5.41, 5.74) is 0. The molecular formula is C13H22N2. The lowest BCUT2D eigenvalue weighted by atomic mass is 9.95. The van der Waals surface area contributed by atoms with Crippen LogP contribution in [0.4, 0.5) is 0 Å². The van der Waals surface area contributed by atoms with E-state index in [-0.39, 0.29) is 0 Å². The van der Waals surface area contributed by atoms with Gasteiger partial charge in [-0.2, -0.15) is 5.26 Å². The average Bonchev–Trinajstić information content (AvgIpc) is 2.54. The number of rotatable bonds is 1. The Labute approximate surface area is 93.3 Å². The molecule has 1 heterocycles. The van der Waals surface area contributed by atoms with Crippen LogP contribution in [0.15, 0.2) is 0 Å². The molecule has 2 heteroatoms. The lowest BCUT2D eigenvalue weighted by Gasteiger charge is -2.29. The molecular weight excluding hydrogens is 184 g/mol. The van der Waals surface area contributed by atoms with Gasteiger partial charge in [0.1, 0.15) is 0 Å². The monoisotopic (exact) mass is 206 g/mol. The first-order chi connectivity index (χ1) is 7.31. The van der Waals surface area contributed by atoms with Gasteiger partial charge in [0, 0.05) is 12.6 Å². The summed E-state index contributed by atoms with van der Waals surface area (Å²) in [6.07, 6.45) is 7.63. The van der Waals surface area contributed by atoms with Gasteiger partial charge in [0.05, 0.1) is 12.0 Å². The van der Waals surface area contributed by atoms with E-state index < -0.39 is 0 Å². The van der Waals surface area contributed by atoms with Crippen molar-refractivity contribution in [3.63, 3.8) is 0 Å². The number of likely N-dealkylation sites (tertiary alicyclic amines) is 1. The molecule has 2 fully saturated rings. The zero-order chi connectivity index (χ0) is 10.7. The maximum atomic E-state index is 9.24. The molecule has 1 aliphatic carbocycles. The first kappa shape index (κ1) is 11.0. The van der Waals surface area contributed by atoms with Gasteiger partial charge in [0.25, 0.3) is 0 Å². The quantitative estimate of drug-likeness (QED) is 0.617. The van der Waals surface area contributed by atoms with E-state index in [1.54, 1.807) is 0 Å². The van der Waals surface area contributed by atoms with Crippen molar-refractivity contribution >= 4 is 0 Å². The fourth-order valence-corrected chi connectivity index (χ4v) is 3.15. The van der Waals surface area contributed by atoms with Crippen LogP contribution < -0.4 is 0 Å². The molecule has 0 amide bonds. The highest BCUT2D eigenvalue weighted by molar-refractivity contribution is 4.96. The molecule has 84 valence electrons. The third-order valence-corrected chi connectivity index (χ3v) is 4.07. The number of nitrogens with zero attached hydrogens (tertiary/aromatic N) is 2. The molecule has 0 aromatic carbocycles. The minimum absolute atomic E-state index is 0.304. The van der Waals surface area contributed by atoms with Crippen LogP contribution in [0.3, 0.4) is 0 Å². The molecule has 1 saturated carbocycles. The summed E-state index contributed by atoms with van der Waals surface area (Å²) in [6.45, 7) is 4.78. The molecule has 2 rings (SSSR count). The molecule has 3 unspecified atom stereocenters. The third kappa shape index (κ3) is 2.52. The minimum Gasteiger partial charge on any atom is -0.299 e. The summed E-state index contributed by atoms with van der Waals surface area (Å²) in [6, 6.07) is 3.12. The van der Waals surface area contributed by atoms with Gasteiger partial charge in [0.15, 0.2) is 0 Å². The zero-order valence-corrected chi connectivity index (χ0v) is 9.78. The summed E-state index contributed by atoms with van der Waals surface area (Å²) in [5.74, 6) is 1.14. The summed E-state index contributed by atoms with van der Waals surface area (Å²) in [4.78, 5) is 2.59. The second-order valence-corrected chi connectivity index (χ2v) is 5.33. The van der Waals surface area contributed by atoms with E-state index in [0.29, 0.717) is 12.0 Å². The van der Waals surface area contributed by atoms with Gasteiger partial charge in [-0.1, -0.05) is 26.2 Å². The second-order valence-electron chi connectivity index (χ2n) is 5.33. The van der Waals surface area contributed by atoms with Crippen molar-refractivity contribution in [3.05, 3.63) is 0 Å². The van der Waals surface area contributed by atoms with E-state index in [1.807, 2.05) is 0 Å². The van der Waals surface area contributed by atoms with Gasteiger partial charge in [-0.05, 0) is 31.7 Å².